The lowest BCUT2D eigenvalue weighted by Crippen LogP contribution is -2.35. The summed E-state index contributed by atoms with van der Waals surface area (Å²) in [6.07, 6.45) is 6.89. The van der Waals surface area contributed by atoms with Crippen LogP contribution in [0.15, 0.2) is 46.0 Å². The first-order valence-corrected chi connectivity index (χ1v) is 16.1. The van der Waals surface area contributed by atoms with E-state index in [1.165, 1.54) is 50.3 Å². The molecule has 1 aliphatic rings. The number of unbranched alkanes of at least 4 members (excludes halogenated alkanes) is 1. The standard InChI is InChI=1S/C29H39N5O2S2/c1-4-22-17-25(12-11-21(22)2)31-27-20-28(35)34(29(36)32-27)14-6-5-13-33(3)26-18-23-9-7-15-37-38-16-8-10-24(19-26)30-23/h11-12,17-20,31H,4-10,13-16H2,1-3H3,(H,32,36). The van der Waals surface area contributed by atoms with Gasteiger partial charge in [-0.05, 0) is 87.3 Å². The third-order valence-electron chi connectivity index (χ3n) is 6.92. The molecule has 7 nitrogen and oxygen atoms in total. The summed E-state index contributed by atoms with van der Waals surface area (Å²) in [5.41, 5.74) is 6.22. The molecule has 2 aromatic heterocycles. The van der Waals surface area contributed by atoms with Crippen molar-refractivity contribution in [1.29, 1.82) is 0 Å². The Morgan fingerprint density at radius 3 is 2.39 bits per heavy atom. The summed E-state index contributed by atoms with van der Waals surface area (Å²) < 4.78 is 1.29. The molecule has 0 amide bonds. The Bertz CT molecular complexity index is 1280. The van der Waals surface area contributed by atoms with E-state index >= 15 is 0 Å². The zero-order valence-corrected chi connectivity index (χ0v) is 24.3. The number of pyridine rings is 1. The quantitative estimate of drug-likeness (QED) is 0.259. The minimum atomic E-state index is -0.381. The topological polar surface area (TPSA) is 83.0 Å². The number of nitrogens with one attached hydrogen (secondary N) is 2. The van der Waals surface area contributed by atoms with Crippen molar-refractivity contribution in [2.24, 2.45) is 0 Å². The molecule has 0 atom stereocenters. The van der Waals surface area contributed by atoms with Gasteiger partial charge in [-0.3, -0.25) is 19.3 Å². The number of H-pyrrole nitrogens is 1. The Hall–Kier alpha value is -2.65. The molecule has 9 heteroatoms. The van der Waals surface area contributed by atoms with E-state index in [0.29, 0.717) is 12.4 Å². The number of benzene rings is 1. The van der Waals surface area contributed by atoms with Crippen molar-refractivity contribution in [2.75, 3.05) is 35.3 Å². The molecule has 2 N–H and O–H groups in total. The Kier molecular flexibility index (Phi) is 10.4. The van der Waals surface area contributed by atoms with Crippen LogP contribution in [-0.4, -0.2) is 39.6 Å². The highest BCUT2D eigenvalue weighted by Crippen LogP contribution is 2.26. The summed E-state index contributed by atoms with van der Waals surface area (Å²) in [6.45, 7) is 5.44. The number of rotatable bonds is 9. The van der Waals surface area contributed by atoms with Gasteiger partial charge < -0.3 is 10.2 Å². The van der Waals surface area contributed by atoms with Crippen LogP contribution in [0.5, 0.6) is 0 Å². The van der Waals surface area contributed by atoms with Crippen LogP contribution in [-0.2, 0) is 25.8 Å². The number of aromatic nitrogens is 3. The second-order valence-electron chi connectivity index (χ2n) is 9.89. The molecule has 38 heavy (non-hydrogen) atoms. The summed E-state index contributed by atoms with van der Waals surface area (Å²) in [7, 11) is 6.07. The van der Waals surface area contributed by atoms with Crippen LogP contribution >= 0.6 is 21.6 Å². The van der Waals surface area contributed by atoms with E-state index in [1.807, 2.05) is 33.7 Å². The highest BCUT2D eigenvalue weighted by molar-refractivity contribution is 8.76. The average Bonchev–Trinajstić information content (AvgIpc) is 2.93. The maximum absolute atomic E-state index is 12.7. The molecule has 0 radical (unpaired) electrons. The van der Waals surface area contributed by atoms with E-state index in [1.54, 1.807) is 0 Å². The summed E-state index contributed by atoms with van der Waals surface area (Å²) >= 11 is 0. The molecule has 204 valence electrons. The van der Waals surface area contributed by atoms with Gasteiger partial charge in [-0.25, -0.2) is 4.79 Å². The molecule has 3 heterocycles. The first kappa shape index (κ1) is 28.4. The summed E-state index contributed by atoms with van der Waals surface area (Å²) in [5, 5.41) is 3.17. The normalized spacial score (nSPS) is 14.1. The van der Waals surface area contributed by atoms with Gasteiger partial charge in [0.05, 0.1) is 0 Å². The molecule has 4 rings (SSSR count). The van der Waals surface area contributed by atoms with Crippen LogP contribution < -0.4 is 21.5 Å². The summed E-state index contributed by atoms with van der Waals surface area (Å²) in [4.78, 5) is 35.4. The monoisotopic (exact) mass is 553 g/mol. The zero-order chi connectivity index (χ0) is 26.9. The summed E-state index contributed by atoms with van der Waals surface area (Å²) in [5.74, 6) is 2.75. The first-order valence-electron chi connectivity index (χ1n) is 13.6. The fourth-order valence-corrected chi connectivity index (χ4v) is 6.86. The van der Waals surface area contributed by atoms with Crippen molar-refractivity contribution in [1.82, 2.24) is 14.5 Å². The Balaban J connectivity index is 1.33. The lowest BCUT2D eigenvalue weighted by atomic mass is 10.1. The lowest BCUT2D eigenvalue weighted by molar-refractivity contribution is 0.568. The third kappa shape index (κ3) is 7.93. The predicted octanol–water partition coefficient (Wildman–Crippen LogP) is 5.72. The number of hydrogen-bond acceptors (Lipinski definition) is 7. The second kappa shape index (κ2) is 13.9. The largest absolute Gasteiger partial charge is 0.374 e. The van der Waals surface area contributed by atoms with Gasteiger partial charge in [-0.15, -0.1) is 0 Å². The van der Waals surface area contributed by atoms with Gasteiger partial charge in [0.1, 0.15) is 5.82 Å². The van der Waals surface area contributed by atoms with Gasteiger partial charge in [0, 0.05) is 60.5 Å². The molecule has 1 aliphatic heterocycles. The minimum absolute atomic E-state index is 0.287. The van der Waals surface area contributed by atoms with E-state index in [0.717, 1.165) is 57.2 Å². The number of aryl methyl sites for hydroxylation is 4. The maximum Gasteiger partial charge on any atom is 0.329 e. The number of anilines is 3. The summed E-state index contributed by atoms with van der Waals surface area (Å²) in [6, 6.07) is 12.0. The second-order valence-corrected chi connectivity index (χ2v) is 12.6. The fraction of sp³-hybridized carbons (Fsp3) is 0.483. The number of fused-ring (bicyclic) bond motifs is 2. The molecule has 0 unspecified atom stereocenters. The van der Waals surface area contributed by atoms with Crippen LogP contribution in [0.3, 0.4) is 0 Å². The average molecular weight is 554 g/mol. The predicted molar refractivity (Wildman–Crippen MR) is 163 cm³/mol. The number of aromatic amines is 1. The maximum atomic E-state index is 12.7. The third-order valence-corrected chi connectivity index (χ3v) is 9.49. The smallest absolute Gasteiger partial charge is 0.329 e. The molecule has 0 saturated heterocycles. The van der Waals surface area contributed by atoms with Gasteiger partial charge in [0.2, 0.25) is 0 Å². The Labute approximate surface area is 233 Å². The van der Waals surface area contributed by atoms with Crippen molar-refractivity contribution in [3.8, 4) is 0 Å². The van der Waals surface area contributed by atoms with Crippen LogP contribution in [0.1, 0.15) is 55.1 Å². The van der Waals surface area contributed by atoms with Gasteiger partial charge in [0.15, 0.2) is 0 Å². The van der Waals surface area contributed by atoms with Crippen LogP contribution in [0.25, 0.3) is 0 Å². The van der Waals surface area contributed by atoms with E-state index in [9.17, 15) is 9.59 Å². The van der Waals surface area contributed by atoms with Crippen molar-refractivity contribution < 1.29 is 0 Å². The van der Waals surface area contributed by atoms with E-state index in [4.69, 9.17) is 4.98 Å². The van der Waals surface area contributed by atoms with E-state index in [2.05, 4.69) is 54.3 Å². The van der Waals surface area contributed by atoms with Gasteiger partial charge in [0.25, 0.3) is 5.56 Å². The Morgan fingerprint density at radius 1 is 1.03 bits per heavy atom. The van der Waals surface area contributed by atoms with Crippen LogP contribution in [0.4, 0.5) is 17.2 Å². The van der Waals surface area contributed by atoms with E-state index in [-0.39, 0.29) is 11.2 Å². The minimum Gasteiger partial charge on any atom is -0.374 e. The van der Waals surface area contributed by atoms with Gasteiger partial charge in [-0.1, -0.05) is 34.6 Å². The van der Waals surface area contributed by atoms with E-state index < -0.39 is 0 Å². The fourth-order valence-electron chi connectivity index (χ4n) is 4.68. The molecule has 2 bridgehead atoms. The first-order chi connectivity index (χ1) is 18.4. The molecule has 0 spiro atoms. The number of nitrogens with zero attached hydrogens (tertiary/aromatic N) is 3. The molecule has 3 aromatic rings. The molecule has 1 aromatic carbocycles. The molecule has 0 aliphatic carbocycles. The highest BCUT2D eigenvalue weighted by Gasteiger charge is 2.10. The lowest BCUT2D eigenvalue weighted by Gasteiger charge is -2.21. The van der Waals surface area contributed by atoms with Crippen molar-refractivity contribution >= 4 is 38.8 Å². The Morgan fingerprint density at radius 2 is 1.74 bits per heavy atom. The molecule has 0 fully saturated rings. The van der Waals surface area contributed by atoms with Crippen molar-refractivity contribution in [2.45, 2.75) is 65.3 Å². The SMILES string of the molecule is CCc1cc(Nc2cc(=O)n(CCCCN(C)c3cc4nc(c3)CCCSSCCC4)c(=O)[nH]2)ccc1C. The number of hydrogen-bond donors (Lipinski definition) is 2. The van der Waals surface area contributed by atoms with Crippen LogP contribution in [0, 0.1) is 6.92 Å². The molecule has 0 saturated carbocycles. The van der Waals surface area contributed by atoms with Crippen molar-refractivity contribution in [3.63, 3.8) is 0 Å². The zero-order valence-electron chi connectivity index (χ0n) is 22.7. The molecular weight excluding hydrogens is 514 g/mol. The van der Waals surface area contributed by atoms with Crippen molar-refractivity contribution in [3.05, 3.63) is 79.8 Å². The van der Waals surface area contributed by atoms with Gasteiger partial charge in [-0.2, -0.15) is 0 Å². The highest BCUT2D eigenvalue weighted by atomic mass is 33.1. The van der Waals surface area contributed by atoms with Gasteiger partial charge >= 0.3 is 5.69 Å². The molecular formula is C29H39N5O2S2. The van der Waals surface area contributed by atoms with Crippen LogP contribution in [0.2, 0.25) is 0 Å².